The Bertz CT molecular complexity index is 945. The molecule has 3 atom stereocenters. The molecule has 2 aliphatic rings. The van der Waals surface area contributed by atoms with Gasteiger partial charge < -0.3 is 9.88 Å². The van der Waals surface area contributed by atoms with E-state index in [2.05, 4.69) is 40.2 Å². The van der Waals surface area contributed by atoms with E-state index >= 15 is 0 Å². The zero-order chi connectivity index (χ0) is 18.2. The number of nitrogens with one attached hydrogen (secondary N) is 1. The Morgan fingerprint density at radius 3 is 2.70 bits per heavy atom. The van der Waals surface area contributed by atoms with E-state index in [9.17, 15) is 4.79 Å². The van der Waals surface area contributed by atoms with E-state index in [-0.39, 0.29) is 5.91 Å². The van der Waals surface area contributed by atoms with Gasteiger partial charge in [-0.25, -0.2) is 0 Å². The van der Waals surface area contributed by atoms with Crippen molar-refractivity contribution in [3.05, 3.63) is 71.9 Å². The number of carbonyl (C=O) groups excluding carboxylic acids is 1. The van der Waals surface area contributed by atoms with Gasteiger partial charge in [-0.15, -0.1) is 0 Å². The van der Waals surface area contributed by atoms with Gasteiger partial charge in [0.2, 0.25) is 0 Å². The number of piperidine rings is 1. The third-order valence-corrected chi connectivity index (χ3v) is 6.67. The number of amides is 1. The van der Waals surface area contributed by atoms with Crippen molar-refractivity contribution in [3.63, 3.8) is 0 Å². The number of carbonyl (C=O) groups is 1. The minimum absolute atomic E-state index is 0.210. The first-order valence-corrected chi connectivity index (χ1v) is 10.2. The van der Waals surface area contributed by atoms with Gasteiger partial charge >= 0.3 is 0 Å². The van der Waals surface area contributed by atoms with Crippen molar-refractivity contribution < 1.29 is 4.79 Å². The van der Waals surface area contributed by atoms with E-state index < -0.39 is 0 Å². The van der Waals surface area contributed by atoms with E-state index in [1.807, 2.05) is 30.5 Å². The van der Waals surface area contributed by atoms with Gasteiger partial charge in [-0.05, 0) is 60.9 Å². The second-order valence-corrected chi connectivity index (χ2v) is 8.10. The van der Waals surface area contributed by atoms with Crippen molar-refractivity contribution in [2.45, 2.75) is 44.1 Å². The topological polar surface area (TPSA) is 36.1 Å². The lowest BCUT2D eigenvalue weighted by Crippen LogP contribution is -2.52. The van der Waals surface area contributed by atoms with Crippen LogP contribution < -0.4 is 0 Å². The fraction of sp³-hybridized carbons (Fsp3) is 0.375. The van der Waals surface area contributed by atoms with Crippen molar-refractivity contribution in [2.75, 3.05) is 6.54 Å². The Morgan fingerprint density at radius 2 is 1.81 bits per heavy atom. The van der Waals surface area contributed by atoms with Crippen LogP contribution in [-0.4, -0.2) is 28.4 Å². The molecule has 1 amide bonds. The molecule has 5 rings (SSSR count). The van der Waals surface area contributed by atoms with Gasteiger partial charge in [-0.2, -0.15) is 0 Å². The molecule has 1 aliphatic heterocycles. The van der Waals surface area contributed by atoms with Crippen LogP contribution in [0.1, 0.15) is 53.9 Å². The summed E-state index contributed by atoms with van der Waals surface area (Å²) >= 11 is 0. The SMILES string of the molecule is O=C(c1ccc2[nH]ccc2c1)N1CC[C@H](c2ccccc2)[C@H]2CCCC[C@H]21. The first-order chi connectivity index (χ1) is 13.3. The molecular weight excluding hydrogens is 332 g/mol. The highest BCUT2D eigenvalue weighted by atomic mass is 16.2. The Balaban J connectivity index is 1.44. The average molecular weight is 358 g/mol. The van der Waals surface area contributed by atoms with Crippen molar-refractivity contribution in [1.82, 2.24) is 9.88 Å². The van der Waals surface area contributed by atoms with E-state index in [1.54, 1.807) is 0 Å². The summed E-state index contributed by atoms with van der Waals surface area (Å²) < 4.78 is 0. The molecule has 3 nitrogen and oxygen atoms in total. The molecule has 3 heteroatoms. The molecule has 1 saturated heterocycles. The summed E-state index contributed by atoms with van der Waals surface area (Å²) in [5.41, 5.74) is 3.37. The normalized spacial score (nSPS) is 25.3. The maximum atomic E-state index is 13.4. The predicted molar refractivity (Wildman–Crippen MR) is 109 cm³/mol. The highest BCUT2D eigenvalue weighted by Gasteiger charge is 2.41. The third-order valence-electron chi connectivity index (χ3n) is 6.67. The molecule has 0 unspecified atom stereocenters. The maximum absolute atomic E-state index is 13.4. The van der Waals surface area contributed by atoms with Crippen molar-refractivity contribution in [3.8, 4) is 0 Å². The molecule has 1 aromatic heterocycles. The minimum atomic E-state index is 0.210. The lowest BCUT2D eigenvalue weighted by atomic mass is 9.69. The van der Waals surface area contributed by atoms with Crippen LogP contribution in [0.25, 0.3) is 10.9 Å². The first-order valence-electron chi connectivity index (χ1n) is 10.2. The van der Waals surface area contributed by atoms with Gasteiger partial charge in [-0.1, -0.05) is 43.2 Å². The highest BCUT2D eigenvalue weighted by Crippen LogP contribution is 2.44. The summed E-state index contributed by atoms with van der Waals surface area (Å²) in [6.07, 6.45) is 7.92. The molecule has 0 radical (unpaired) electrons. The summed E-state index contributed by atoms with van der Waals surface area (Å²) in [6.45, 7) is 0.866. The Labute approximate surface area is 160 Å². The summed E-state index contributed by atoms with van der Waals surface area (Å²) in [5, 5.41) is 1.11. The number of aromatic amines is 1. The molecule has 1 aliphatic carbocycles. The number of fused-ring (bicyclic) bond motifs is 2. The summed E-state index contributed by atoms with van der Waals surface area (Å²) in [5.74, 6) is 1.39. The van der Waals surface area contributed by atoms with Crippen molar-refractivity contribution in [1.29, 1.82) is 0 Å². The maximum Gasteiger partial charge on any atom is 0.254 e. The summed E-state index contributed by atoms with van der Waals surface area (Å²) in [7, 11) is 0. The average Bonchev–Trinajstić information content (AvgIpc) is 3.21. The van der Waals surface area contributed by atoms with Gasteiger partial charge in [0.15, 0.2) is 0 Å². The zero-order valence-electron chi connectivity index (χ0n) is 15.6. The fourth-order valence-electron chi connectivity index (χ4n) is 5.37. The Hall–Kier alpha value is -2.55. The number of benzene rings is 2. The van der Waals surface area contributed by atoms with Gasteiger partial charge in [-0.3, -0.25) is 4.79 Å². The van der Waals surface area contributed by atoms with Gasteiger partial charge in [0.25, 0.3) is 5.91 Å². The molecule has 2 fully saturated rings. The molecule has 27 heavy (non-hydrogen) atoms. The fourth-order valence-corrected chi connectivity index (χ4v) is 5.37. The third kappa shape index (κ3) is 2.95. The number of nitrogens with zero attached hydrogens (tertiary/aromatic N) is 1. The van der Waals surface area contributed by atoms with Crippen LogP contribution in [0.2, 0.25) is 0 Å². The molecule has 2 aromatic carbocycles. The Kier molecular flexibility index (Phi) is 4.23. The van der Waals surface area contributed by atoms with Crippen LogP contribution in [0, 0.1) is 5.92 Å². The quantitative estimate of drug-likeness (QED) is 0.658. The van der Waals surface area contributed by atoms with E-state index in [0.717, 1.165) is 35.9 Å². The molecule has 0 bridgehead atoms. The van der Waals surface area contributed by atoms with Crippen LogP contribution in [0.3, 0.4) is 0 Å². The number of aromatic nitrogens is 1. The molecule has 0 spiro atoms. The number of hydrogen-bond acceptors (Lipinski definition) is 1. The molecule has 3 aromatic rings. The van der Waals surface area contributed by atoms with Crippen LogP contribution in [0.15, 0.2) is 60.8 Å². The van der Waals surface area contributed by atoms with E-state index in [0.29, 0.717) is 17.9 Å². The lowest BCUT2D eigenvalue weighted by molar-refractivity contribution is 0.0319. The number of rotatable bonds is 2. The molecular formula is C24H26N2O. The minimum Gasteiger partial charge on any atom is -0.361 e. The molecule has 138 valence electrons. The van der Waals surface area contributed by atoms with Gasteiger partial charge in [0.05, 0.1) is 0 Å². The number of likely N-dealkylation sites (tertiary alicyclic amines) is 1. The smallest absolute Gasteiger partial charge is 0.254 e. The van der Waals surface area contributed by atoms with Crippen LogP contribution in [0.5, 0.6) is 0 Å². The summed E-state index contributed by atoms with van der Waals surface area (Å²) in [4.78, 5) is 18.8. The zero-order valence-corrected chi connectivity index (χ0v) is 15.6. The second-order valence-electron chi connectivity index (χ2n) is 8.10. The van der Waals surface area contributed by atoms with Gasteiger partial charge in [0, 0.05) is 35.2 Å². The van der Waals surface area contributed by atoms with Crippen molar-refractivity contribution in [2.24, 2.45) is 5.92 Å². The molecule has 1 N–H and O–H groups in total. The largest absolute Gasteiger partial charge is 0.361 e. The number of hydrogen-bond donors (Lipinski definition) is 1. The van der Waals surface area contributed by atoms with Crippen molar-refractivity contribution >= 4 is 16.8 Å². The van der Waals surface area contributed by atoms with Crippen LogP contribution in [0.4, 0.5) is 0 Å². The molecule has 1 saturated carbocycles. The second kappa shape index (κ2) is 6.88. The highest BCUT2D eigenvalue weighted by molar-refractivity contribution is 5.98. The van der Waals surface area contributed by atoms with Gasteiger partial charge in [0.1, 0.15) is 0 Å². The Morgan fingerprint density at radius 1 is 0.963 bits per heavy atom. The van der Waals surface area contributed by atoms with E-state index in [1.165, 1.54) is 24.8 Å². The van der Waals surface area contributed by atoms with E-state index in [4.69, 9.17) is 0 Å². The van der Waals surface area contributed by atoms with Crippen LogP contribution >= 0.6 is 0 Å². The van der Waals surface area contributed by atoms with Crippen LogP contribution in [-0.2, 0) is 0 Å². The number of H-pyrrole nitrogens is 1. The predicted octanol–water partition coefficient (Wildman–Crippen LogP) is 5.36. The summed E-state index contributed by atoms with van der Waals surface area (Å²) in [6, 6.07) is 19.4. The monoisotopic (exact) mass is 358 g/mol. The molecule has 2 heterocycles. The lowest BCUT2D eigenvalue weighted by Gasteiger charge is -2.48. The first kappa shape index (κ1) is 16.6. The standard InChI is InChI=1S/C24H26N2O/c27-24(19-10-11-22-18(16-19)12-14-25-22)26-15-13-20(17-6-2-1-3-7-17)21-8-4-5-9-23(21)26/h1-3,6-7,10-12,14,16,20-21,23,25H,4-5,8-9,13,15H2/t20-,21-,23-/m1/s1.